The molecular formula is C29H34N2O3. The van der Waals surface area contributed by atoms with Crippen molar-refractivity contribution in [2.24, 2.45) is 0 Å². The SMILES string of the molecule is COc1ccc(Cc2nc3ccccc3n2CCCOc2ccc(C(C)(C)C)cc2)cc1OC. The number of rotatable bonds is 9. The average Bonchev–Trinajstić information content (AvgIpc) is 3.18. The van der Waals surface area contributed by atoms with Crippen LogP contribution in [-0.4, -0.2) is 30.4 Å². The van der Waals surface area contributed by atoms with Crippen molar-refractivity contribution in [3.05, 3.63) is 83.7 Å². The number of methoxy groups -OCH3 is 2. The Morgan fingerprint density at radius 3 is 2.29 bits per heavy atom. The number of fused-ring (bicyclic) bond motifs is 1. The smallest absolute Gasteiger partial charge is 0.161 e. The normalized spacial score (nSPS) is 11.6. The van der Waals surface area contributed by atoms with Gasteiger partial charge in [-0.1, -0.05) is 51.1 Å². The van der Waals surface area contributed by atoms with Gasteiger partial charge in [0.2, 0.25) is 0 Å². The molecule has 0 saturated carbocycles. The Labute approximate surface area is 202 Å². The number of hydrogen-bond donors (Lipinski definition) is 0. The molecule has 0 aliphatic heterocycles. The van der Waals surface area contributed by atoms with Gasteiger partial charge in [-0.05, 0) is 59.4 Å². The number of benzene rings is 3. The van der Waals surface area contributed by atoms with E-state index in [-0.39, 0.29) is 5.41 Å². The van der Waals surface area contributed by atoms with E-state index in [1.54, 1.807) is 14.2 Å². The molecule has 0 bridgehead atoms. The van der Waals surface area contributed by atoms with Crippen LogP contribution in [0.25, 0.3) is 11.0 Å². The van der Waals surface area contributed by atoms with Crippen molar-refractivity contribution in [1.82, 2.24) is 9.55 Å². The molecule has 0 aliphatic rings. The Bertz CT molecular complexity index is 1240. The van der Waals surface area contributed by atoms with Gasteiger partial charge in [0, 0.05) is 13.0 Å². The van der Waals surface area contributed by atoms with Crippen LogP contribution >= 0.6 is 0 Å². The molecule has 3 aromatic carbocycles. The summed E-state index contributed by atoms with van der Waals surface area (Å²) in [5.41, 5.74) is 4.74. The number of hydrogen-bond acceptors (Lipinski definition) is 4. The van der Waals surface area contributed by atoms with Crippen molar-refractivity contribution in [2.45, 2.75) is 45.6 Å². The van der Waals surface area contributed by atoms with Crippen molar-refractivity contribution < 1.29 is 14.2 Å². The molecule has 0 fully saturated rings. The van der Waals surface area contributed by atoms with Crippen molar-refractivity contribution in [3.8, 4) is 17.2 Å². The Morgan fingerprint density at radius 2 is 1.59 bits per heavy atom. The number of aryl methyl sites for hydroxylation is 1. The maximum Gasteiger partial charge on any atom is 0.161 e. The molecule has 0 N–H and O–H groups in total. The van der Waals surface area contributed by atoms with Gasteiger partial charge in [0.1, 0.15) is 11.6 Å². The molecule has 0 aliphatic carbocycles. The van der Waals surface area contributed by atoms with Crippen LogP contribution in [-0.2, 0) is 18.4 Å². The van der Waals surface area contributed by atoms with Crippen molar-refractivity contribution in [1.29, 1.82) is 0 Å². The van der Waals surface area contributed by atoms with E-state index in [2.05, 4.69) is 73.9 Å². The topological polar surface area (TPSA) is 45.5 Å². The third-order valence-electron chi connectivity index (χ3n) is 6.06. The highest BCUT2D eigenvalue weighted by molar-refractivity contribution is 5.76. The standard InChI is InChI=1S/C29H34N2O3/c1-29(2,3)22-12-14-23(15-13-22)34-18-8-17-31-25-10-7-6-9-24(25)30-28(31)20-21-11-16-26(32-4)27(19-21)33-5/h6-7,9-16,19H,8,17-18,20H2,1-5H3. The number of aromatic nitrogens is 2. The van der Waals surface area contributed by atoms with Gasteiger partial charge in [-0.3, -0.25) is 0 Å². The van der Waals surface area contributed by atoms with E-state index in [1.807, 2.05) is 18.2 Å². The van der Waals surface area contributed by atoms with Crippen LogP contribution in [0, 0.1) is 0 Å². The van der Waals surface area contributed by atoms with Crippen LogP contribution in [0.3, 0.4) is 0 Å². The molecule has 34 heavy (non-hydrogen) atoms. The lowest BCUT2D eigenvalue weighted by molar-refractivity contribution is 0.301. The molecule has 5 nitrogen and oxygen atoms in total. The van der Waals surface area contributed by atoms with Gasteiger partial charge >= 0.3 is 0 Å². The first-order valence-corrected chi connectivity index (χ1v) is 11.8. The van der Waals surface area contributed by atoms with E-state index in [0.29, 0.717) is 13.0 Å². The van der Waals surface area contributed by atoms with Gasteiger partial charge in [0.15, 0.2) is 11.5 Å². The summed E-state index contributed by atoms with van der Waals surface area (Å²) in [4.78, 5) is 4.93. The molecule has 0 saturated heterocycles. The van der Waals surface area contributed by atoms with Gasteiger partial charge < -0.3 is 18.8 Å². The fourth-order valence-electron chi connectivity index (χ4n) is 4.15. The second-order valence-corrected chi connectivity index (χ2v) is 9.51. The van der Waals surface area contributed by atoms with E-state index in [1.165, 1.54) is 5.56 Å². The first-order valence-electron chi connectivity index (χ1n) is 11.8. The molecular weight excluding hydrogens is 424 g/mol. The monoisotopic (exact) mass is 458 g/mol. The molecule has 0 amide bonds. The van der Waals surface area contributed by atoms with Gasteiger partial charge in [-0.2, -0.15) is 0 Å². The van der Waals surface area contributed by atoms with Crippen LogP contribution in [0.2, 0.25) is 0 Å². The summed E-state index contributed by atoms with van der Waals surface area (Å²) in [5, 5.41) is 0. The minimum Gasteiger partial charge on any atom is -0.494 e. The third-order valence-corrected chi connectivity index (χ3v) is 6.06. The molecule has 4 aromatic rings. The molecule has 0 unspecified atom stereocenters. The highest BCUT2D eigenvalue weighted by Crippen LogP contribution is 2.29. The van der Waals surface area contributed by atoms with Gasteiger partial charge in [-0.25, -0.2) is 4.98 Å². The van der Waals surface area contributed by atoms with Crippen LogP contribution in [0.15, 0.2) is 66.7 Å². The zero-order valence-corrected chi connectivity index (χ0v) is 20.8. The summed E-state index contributed by atoms with van der Waals surface area (Å²) < 4.78 is 19.2. The lowest BCUT2D eigenvalue weighted by Gasteiger charge is -2.19. The summed E-state index contributed by atoms with van der Waals surface area (Å²) in [6.45, 7) is 8.15. The lowest BCUT2D eigenvalue weighted by Crippen LogP contribution is -2.11. The minimum absolute atomic E-state index is 0.144. The van der Waals surface area contributed by atoms with E-state index in [9.17, 15) is 0 Å². The summed E-state index contributed by atoms with van der Waals surface area (Å²) in [6.07, 6.45) is 1.60. The van der Waals surface area contributed by atoms with Crippen molar-refractivity contribution in [3.63, 3.8) is 0 Å². The molecule has 4 rings (SSSR count). The second-order valence-electron chi connectivity index (χ2n) is 9.51. The predicted octanol–water partition coefficient (Wildman–Crippen LogP) is 6.41. The summed E-state index contributed by atoms with van der Waals surface area (Å²) in [6, 6.07) is 22.8. The van der Waals surface area contributed by atoms with Crippen molar-refractivity contribution in [2.75, 3.05) is 20.8 Å². The zero-order valence-electron chi connectivity index (χ0n) is 20.8. The molecule has 1 aromatic heterocycles. The molecule has 5 heteroatoms. The van der Waals surface area contributed by atoms with Crippen molar-refractivity contribution >= 4 is 11.0 Å². The van der Waals surface area contributed by atoms with E-state index in [0.717, 1.165) is 52.6 Å². The second kappa shape index (κ2) is 10.2. The van der Waals surface area contributed by atoms with Gasteiger partial charge in [0.05, 0.1) is 31.9 Å². The molecule has 1 heterocycles. The first-order chi connectivity index (χ1) is 16.4. The van der Waals surface area contributed by atoms with Crippen LogP contribution < -0.4 is 14.2 Å². The van der Waals surface area contributed by atoms with E-state index in [4.69, 9.17) is 19.2 Å². The third kappa shape index (κ3) is 5.36. The molecule has 0 spiro atoms. The highest BCUT2D eigenvalue weighted by Gasteiger charge is 2.14. The minimum atomic E-state index is 0.144. The maximum absolute atomic E-state index is 6.03. The van der Waals surface area contributed by atoms with E-state index < -0.39 is 0 Å². The van der Waals surface area contributed by atoms with E-state index >= 15 is 0 Å². The van der Waals surface area contributed by atoms with Crippen LogP contribution in [0.1, 0.15) is 44.1 Å². The fraction of sp³-hybridized carbons (Fsp3) is 0.345. The van der Waals surface area contributed by atoms with Gasteiger partial charge in [0.25, 0.3) is 0 Å². The quantitative estimate of drug-likeness (QED) is 0.272. The predicted molar refractivity (Wildman–Crippen MR) is 137 cm³/mol. The number of imidazole rings is 1. The highest BCUT2D eigenvalue weighted by atomic mass is 16.5. The average molecular weight is 459 g/mol. The Morgan fingerprint density at radius 1 is 0.853 bits per heavy atom. The molecule has 0 radical (unpaired) electrons. The van der Waals surface area contributed by atoms with Gasteiger partial charge in [-0.15, -0.1) is 0 Å². The largest absolute Gasteiger partial charge is 0.494 e. The Hall–Kier alpha value is -3.47. The Kier molecular flexibility index (Phi) is 7.11. The van der Waals surface area contributed by atoms with Crippen LogP contribution in [0.5, 0.6) is 17.2 Å². The fourth-order valence-corrected chi connectivity index (χ4v) is 4.15. The maximum atomic E-state index is 6.03. The molecule has 0 atom stereocenters. The number of nitrogens with zero attached hydrogens (tertiary/aromatic N) is 2. The lowest BCUT2D eigenvalue weighted by atomic mass is 9.87. The summed E-state index contributed by atoms with van der Waals surface area (Å²) >= 11 is 0. The van der Waals surface area contributed by atoms with Crippen LogP contribution in [0.4, 0.5) is 0 Å². The molecule has 178 valence electrons. The Balaban J connectivity index is 1.46. The first kappa shape index (κ1) is 23.7. The summed E-state index contributed by atoms with van der Waals surface area (Å²) in [7, 11) is 3.31. The number of ether oxygens (including phenoxy) is 3. The number of para-hydroxylation sites is 2. The zero-order chi connectivity index (χ0) is 24.1. The summed E-state index contributed by atoms with van der Waals surface area (Å²) in [5.74, 6) is 3.40.